The first kappa shape index (κ1) is 31.8. The van der Waals surface area contributed by atoms with E-state index in [4.69, 9.17) is 21.1 Å². The van der Waals surface area contributed by atoms with Gasteiger partial charge in [0.05, 0.1) is 24.8 Å². The standard InChI is InChI=1S/C30H36ClN3O6S/c1-6-21(2)32-30(36)22(3)33(19-23-8-7-9-27(18-23)40-5)29(35)20-34(25-12-10-24(31)11-13-25)41(37,38)28-16-14-26(39-4)15-17-28/h7-18,21-22H,6,19-20H2,1-5H3,(H,32,36). The highest BCUT2D eigenvalue weighted by Crippen LogP contribution is 2.27. The van der Waals surface area contributed by atoms with Crippen molar-refractivity contribution in [3.63, 3.8) is 0 Å². The fourth-order valence-corrected chi connectivity index (χ4v) is 5.57. The van der Waals surface area contributed by atoms with Crippen molar-refractivity contribution in [2.24, 2.45) is 0 Å². The molecule has 9 nitrogen and oxygen atoms in total. The summed E-state index contributed by atoms with van der Waals surface area (Å²) in [6.45, 7) is 4.95. The maximum Gasteiger partial charge on any atom is 0.264 e. The topological polar surface area (TPSA) is 105 Å². The number of rotatable bonds is 13. The average molecular weight is 602 g/mol. The van der Waals surface area contributed by atoms with Crippen LogP contribution in [0.2, 0.25) is 5.02 Å². The van der Waals surface area contributed by atoms with Crippen LogP contribution >= 0.6 is 11.6 Å². The largest absolute Gasteiger partial charge is 0.497 e. The van der Waals surface area contributed by atoms with Crippen LogP contribution in [0.25, 0.3) is 0 Å². The third kappa shape index (κ3) is 8.14. The molecule has 2 atom stereocenters. The lowest BCUT2D eigenvalue weighted by Crippen LogP contribution is -2.52. The van der Waals surface area contributed by atoms with Gasteiger partial charge in [-0.2, -0.15) is 0 Å². The van der Waals surface area contributed by atoms with Gasteiger partial charge in [0.15, 0.2) is 0 Å². The van der Waals surface area contributed by atoms with Crippen molar-refractivity contribution in [3.05, 3.63) is 83.4 Å². The first-order valence-electron chi connectivity index (χ1n) is 13.1. The lowest BCUT2D eigenvalue weighted by molar-refractivity contribution is -0.139. The van der Waals surface area contributed by atoms with Crippen molar-refractivity contribution in [2.75, 3.05) is 25.1 Å². The highest BCUT2D eigenvalue weighted by atomic mass is 35.5. The smallest absolute Gasteiger partial charge is 0.264 e. The molecule has 0 bridgehead atoms. The number of amides is 2. The number of benzene rings is 3. The molecule has 1 N–H and O–H groups in total. The zero-order chi connectivity index (χ0) is 30.2. The summed E-state index contributed by atoms with van der Waals surface area (Å²) in [7, 11) is -1.18. The van der Waals surface area contributed by atoms with Crippen LogP contribution in [0.1, 0.15) is 32.8 Å². The number of nitrogens with one attached hydrogen (secondary N) is 1. The molecule has 220 valence electrons. The van der Waals surface area contributed by atoms with Crippen molar-refractivity contribution in [1.82, 2.24) is 10.2 Å². The van der Waals surface area contributed by atoms with Crippen LogP contribution in [0.3, 0.4) is 0 Å². The predicted octanol–water partition coefficient (Wildman–Crippen LogP) is 4.88. The van der Waals surface area contributed by atoms with E-state index in [9.17, 15) is 18.0 Å². The van der Waals surface area contributed by atoms with E-state index in [0.29, 0.717) is 22.9 Å². The third-order valence-corrected chi connectivity index (χ3v) is 8.74. The SMILES string of the molecule is CCC(C)NC(=O)C(C)N(Cc1cccc(OC)c1)C(=O)CN(c1ccc(Cl)cc1)S(=O)(=O)c1ccc(OC)cc1. The highest BCUT2D eigenvalue weighted by Gasteiger charge is 2.33. The number of anilines is 1. The number of sulfonamides is 1. The fourth-order valence-electron chi connectivity index (χ4n) is 4.03. The number of nitrogens with zero attached hydrogens (tertiary/aromatic N) is 2. The van der Waals surface area contributed by atoms with Crippen LogP contribution in [0.15, 0.2) is 77.7 Å². The van der Waals surface area contributed by atoms with Crippen molar-refractivity contribution in [1.29, 1.82) is 0 Å². The lowest BCUT2D eigenvalue weighted by Gasteiger charge is -2.32. The monoisotopic (exact) mass is 601 g/mol. The molecule has 2 amide bonds. The Morgan fingerprint density at radius 2 is 1.56 bits per heavy atom. The van der Waals surface area contributed by atoms with Crippen molar-refractivity contribution in [2.45, 2.75) is 50.7 Å². The van der Waals surface area contributed by atoms with Crippen molar-refractivity contribution in [3.8, 4) is 11.5 Å². The van der Waals surface area contributed by atoms with Gasteiger partial charge in [0.2, 0.25) is 11.8 Å². The number of methoxy groups -OCH3 is 2. The van der Waals surface area contributed by atoms with Gasteiger partial charge in [-0.25, -0.2) is 8.42 Å². The molecule has 0 aliphatic heterocycles. The molecule has 0 spiro atoms. The molecule has 3 aromatic carbocycles. The van der Waals surface area contributed by atoms with Crippen LogP contribution in [0, 0.1) is 0 Å². The molecule has 0 aliphatic rings. The average Bonchev–Trinajstić information content (AvgIpc) is 2.98. The Morgan fingerprint density at radius 3 is 2.15 bits per heavy atom. The van der Waals surface area contributed by atoms with E-state index in [-0.39, 0.29) is 29.1 Å². The normalized spacial score (nSPS) is 12.6. The maximum absolute atomic E-state index is 14.0. The summed E-state index contributed by atoms with van der Waals surface area (Å²) in [5, 5.41) is 3.33. The number of carbonyl (C=O) groups is 2. The summed E-state index contributed by atoms with van der Waals surface area (Å²) in [5.74, 6) is 0.179. The molecular weight excluding hydrogens is 566 g/mol. The van der Waals surface area contributed by atoms with Gasteiger partial charge in [0.1, 0.15) is 24.1 Å². The molecule has 0 aromatic heterocycles. The van der Waals surface area contributed by atoms with Crippen LogP contribution < -0.4 is 19.1 Å². The van der Waals surface area contributed by atoms with E-state index >= 15 is 0 Å². The van der Waals surface area contributed by atoms with Gasteiger partial charge in [-0.15, -0.1) is 0 Å². The number of halogens is 1. The number of hydrogen-bond acceptors (Lipinski definition) is 6. The summed E-state index contributed by atoms with van der Waals surface area (Å²) in [6.07, 6.45) is 0.715. The first-order valence-corrected chi connectivity index (χ1v) is 15.0. The number of carbonyl (C=O) groups excluding carboxylic acids is 2. The van der Waals surface area contributed by atoms with Gasteiger partial charge in [-0.1, -0.05) is 30.7 Å². The Labute approximate surface area is 247 Å². The van der Waals surface area contributed by atoms with E-state index in [1.165, 1.54) is 55.5 Å². The van der Waals surface area contributed by atoms with Gasteiger partial charge in [0.25, 0.3) is 10.0 Å². The summed E-state index contributed by atoms with van der Waals surface area (Å²) < 4.78 is 39.3. The van der Waals surface area contributed by atoms with E-state index < -0.39 is 28.5 Å². The molecule has 0 radical (unpaired) electrons. The predicted molar refractivity (Wildman–Crippen MR) is 160 cm³/mol. The molecule has 0 saturated heterocycles. The van der Waals surface area contributed by atoms with Gasteiger partial charge in [0, 0.05) is 17.6 Å². The minimum Gasteiger partial charge on any atom is -0.497 e. The molecule has 11 heteroatoms. The van der Waals surface area contributed by atoms with Crippen molar-refractivity contribution >= 4 is 39.1 Å². The third-order valence-electron chi connectivity index (χ3n) is 6.70. The van der Waals surface area contributed by atoms with Crippen LogP contribution in [-0.4, -0.2) is 58.0 Å². The molecule has 0 aliphatic carbocycles. The van der Waals surface area contributed by atoms with Gasteiger partial charge < -0.3 is 19.7 Å². The maximum atomic E-state index is 14.0. The summed E-state index contributed by atoms with van der Waals surface area (Å²) in [4.78, 5) is 28.5. The summed E-state index contributed by atoms with van der Waals surface area (Å²) >= 11 is 6.07. The Kier molecular flexibility index (Phi) is 11.0. The van der Waals surface area contributed by atoms with Gasteiger partial charge >= 0.3 is 0 Å². The van der Waals surface area contributed by atoms with E-state index in [2.05, 4.69) is 5.32 Å². The van der Waals surface area contributed by atoms with Crippen LogP contribution in [-0.2, 0) is 26.2 Å². The zero-order valence-electron chi connectivity index (χ0n) is 23.8. The molecule has 41 heavy (non-hydrogen) atoms. The second-order valence-corrected chi connectivity index (χ2v) is 11.8. The lowest BCUT2D eigenvalue weighted by atomic mass is 10.1. The molecule has 3 aromatic rings. The Morgan fingerprint density at radius 1 is 0.927 bits per heavy atom. The highest BCUT2D eigenvalue weighted by molar-refractivity contribution is 7.92. The second kappa shape index (κ2) is 14.2. The summed E-state index contributed by atoms with van der Waals surface area (Å²) in [6, 6.07) is 18.2. The molecular formula is C30H36ClN3O6S. The first-order chi connectivity index (χ1) is 19.5. The van der Waals surface area contributed by atoms with E-state index in [0.717, 1.165) is 9.87 Å². The Hall–Kier alpha value is -3.76. The van der Waals surface area contributed by atoms with E-state index in [1.807, 2.05) is 19.9 Å². The van der Waals surface area contributed by atoms with Crippen LogP contribution in [0.4, 0.5) is 5.69 Å². The molecule has 3 rings (SSSR count). The molecule has 0 saturated carbocycles. The number of ether oxygens (including phenoxy) is 2. The minimum atomic E-state index is -4.21. The Bertz CT molecular complexity index is 1430. The zero-order valence-corrected chi connectivity index (χ0v) is 25.4. The Balaban J connectivity index is 2.03. The van der Waals surface area contributed by atoms with E-state index in [1.54, 1.807) is 37.3 Å². The van der Waals surface area contributed by atoms with Gasteiger partial charge in [-0.3, -0.25) is 13.9 Å². The quantitative estimate of drug-likeness (QED) is 0.299. The molecule has 0 fully saturated rings. The molecule has 2 unspecified atom stereocenters. The number of hydrogen-bond donors (Lipinski definition) is 1. The molecule has 0 heterocycles. The van der Waals surface area contributed by atoms with Gasteiger partial charge in [-0.05, 0) is 86.5 Å². The summed E-state index contributed by atoms with van der Waals surface area (Å²) in [5.41, 5.74) is 0.966. The van der Waals surface area contributed by atoms with Crippen molar-refractivity contribution < 1.29 is 27.5 Å². The fraction of sp³-hybridized carbons (Fsp3) is 0.333. The second-order valence-electron chi connectivity index (χ2n) is 9.53. The minimum absolute atomic E-state index is 0.0250. The van der Waals surface area contributed by atoms with Crippen LogP contribution in [0.5, 0.6) is 11.5 Å².